The van der Waals surface area contributed by atoms with E-state index in [-0.39, 0.29) is 6.42 Å². The number of tetrazole rings is 1. The van der Waals surface area contributed by atoms with E-state index in [1.807, 2.05) is 0 Å². The van der Waals surface area contributed by atoms with E-state index in [9.17, 15) is 4.79 Å². The molecule has 1 atom stereocenters. The SMILES string of the molecule is COC(CC(=O)O)Cn1nnnc1CC1CC1. The van der Waals surface area contributed by atoms with Gasteiger partial charge in [0, 0.05) is 13.5 Å². The molecular weight excluding hydrogens is 224 g/mol. The number of carboxylic acid groups (broad SMARTS) is 1. The lowest BCUT2D eigenvalue weighted by Gasteiger charge is -2.13. The minimum absolute atomic E-state index is 0.0424. The molecule has 0 spiro atoms. The van der Waals surface area contributed by atoms with Gasteiger partial charge in [0.2, 0.25) is 0 Å². The first kappa shape index (κ1) is 12.0. The number of aromatic nitrogens is 4. The highest BCUT2D eigenvalue weighted by molar-refractivity contribution is 5.67. The number of hydrogen-bond acceptors (Lipinski definition) is 5. The molecule has 0 aromatic carbocycles. The molecule has 2 rings (SSSR count). The summed E-state index contributed by atoms with van der Waals surface area (Å²) in [5, 5.41) is 20.2. The molecule has 0 bridgehead atoms. The minimum atomic E-state index is -0.881. The van der Waals surface area contributed by atoms with Crippen molar-refractivity contribution in [2.24, 2.45) is 5.92 Å². The highest BCUT2D eigenvalue weighted by Crippen LogP contribution is 2.31. The number of rotatable bonds is 7. The fraction of sp³-hybridized carbons (Fsp3) is 0.800. The first-order valence-corrected chi connectivity index (χ1v) is 5.68. The number of nitrogens with zero attached hydrogens (tertiary/aromatic N) is 4. The first-order valence-electron chi connectivity index (χ1n) is 5.68. The Kier molecular flexibility index (Phi) is 3.68. The van der Waals surface area contributed by atoms with Gasteiger partial charge in [0.1, 0.15) is 0 Å². The zero-order chi connectivity index (χ0) is 12.3. The molecule has 94 valence electrons. The van der Waals surface area contributed by atoms with E-state index in [4.69, 9.17) is 9.84 Å². The molecule has 7 heteroatoms. The maximum atomic E-state index is 10.6. The van der Waals surface area contributed by atoms with Crippen molar-refractivity contribution in [1.29, 1.82) is 0 Å². The number of hydrogen-bond donors (Lipinski definition) is 1. The van der Waals surface area contributed by atoms with Crippen molar-refractivity contribution in [3.63, 3.8) is 0 Å². The van der Waals surface area contributed by atoms with Gasteiger partial charge in [-0.25, -0.2) is 4.68 Å². The van der Waals surface area contributed by atoms with Gasteiger partial charge in [0.25, 0.3) is 0 Å². The molecule has 1 saturated carbocycles. The van der Waals surface area contributed by atoms with Crippen LogP contribution in [0.3, 0.4) is 0 Å². The highest BCUT2D eigenvalue weighted by atomic mass is 16.5. The third-order valence-corrected chi connectivity index (χ3v) is 2.89. The van der Waals surface area contributed by atoms with Gasteiger partial charge in [-0.15, -0.1) is 5.10 Å². The summed E-state index contributed by atoms with van der Waals surface area (Å²) in [6.45, 7) is 0.387. The molecule has 0 amide bonds. The van der Waals surface area contributed by atoms with Crippen LogP contribution in [-0.2, 0) is 22.5 Å². The summed E-state index contributed by atoms with van der Waals surface area (Å²) >= 11 is 0. The van der Waals surface area contributed by atoms with E-state index in [2.05, 4.69) is 15.5 Å². The fourth-order valence-electron chi connectivity index (χ4n) is 1.70. The van der Waals surface area contributed by atoms with Gasteiger partial charge in [-0.2, -0.15) is 0 Å². The average molecular weight is 240 g/mol. The molecule has 1 heterocycles. The summed E-state index contributed by atoms with van der Waals surface area (Å²) in [5.74, 6) is 0.633. The lowest BCUT2D eigenvalue weighted by atomic mass is 10.2. The Bertz CT molecular complexity index is 389. The lowest BCUT2D eigenvalue weighted by molar-refractivity contribution is -0.140. The highest BCUT2D eigenvalue weighted by Gasteiger charge is 2.25. The van der Waals surface area contributed by atoms with Crippen LogP contribution < -0.4 is 0 Å². The maximum absolute atomic E-state index is 10.6. The van der Waals surface area contributed by atoms with Crippen molar-refractivity contribution in [1.82, 2.24) is 20.2 Å². The molecule has 1 N–H and O–H groups in total. The van der Waals surface area contributed by atoms with Crippen LogP contribution in [-0.4, -0.2) is 44.5 Å². The van der Waals surface area contributed by atoms with E-state index < -0.39 is 12.1 Å². The molecule has 17 heavy (non-hydrogen) atoms. The van der Waals surface area contributed by atoms with Crippen molar-refractivity contribution < 1.29 is 14.6 Å². The third kappa shape index (κ3) is 3.48. The second-order valence-electron chi connectivity index (χ2n) is 4.38. The predicted molar refractivity (Wildman–Crippen MR) is 57.3 cm³/mol. The monoisotopic (exact) mass is 240 g/mol. The number of aliphatic carboxylic acids is 1. The van der Waals surface area contributed by atoms with Crippen molar-refractivity contribution in [2.45, 2.75) is 38.3 Å². The summed E-state index contributed by atoms with van der Waals surface area (Å²) in [4.78, 5) is 10.6. The Hall–Kier alpha value is -1.50. The van der Waals surface area contributed by atoms with E-state index in [0.717, 1.165) is 12.2 Å². The Morgan fingerprint density at radius 2 is 2.41 bits per heavy atom. The summed E-state index contributed by atoms with van der Waals surface area (Å²) in [5.41, 5.74) is 0. The number of methoxy groups -OCH3 is 1. The molecule has 1 unspecified atom stereocenters. The first-order chi connectivity index (χ1) is 8.19. The van der Waals surface area contributed by atoms with Gasteiger partial charge in [0.05, 0.1) is 19.1 Å². The van der Waals surface area contributed by atoms with Crippen LogP contribution in [0, 0.1) is 5.92 Å². The van der Waals surface area contributed by atoms with Gasteiger partial charge >= 0.3 is 5.97 Å². The van der Waals surface area contributed by atoms with Crippen LogP contribution in [0.2, 0.25) is 0 Å². The zero-order valence-corrected chi connectivity index (χ0v) is 9.74. The van der Waals surface area contributed by atoms with Gasteiger partial charge < -0.3 is 9.84 Å². The maximum Gasteiger partial charge on any atom is 0.306 e. The second-order valence-corrected chi connectivity index (χ2v) is 4.38. The lowest BCUT2D eigenvalue weighted by Crippen LogP contribution is -2.24. The molecule has 1 aliphatic rings. The standard InChI is InChI=1S/C10H16N4O3/c1-17-8(5-10(15)16)6-14-9(11-12-13-14)4-7-2-3-7/h7-8H,2-6H2,1H3,(H,15,16). The summed E-state index contributed by atoms with van der Waals surface area (Å²) in [7, 11) is 1.50. The molecule has 1 aliphatic carbocycles. The van der Waals surface area contributed by atoms with Gasteiger partial charge in [-0.05, 0) is 29.2 Å². The van der Waals surface area contributed by atoms with Crippen LogP contribution in [0.5, 0.6) is 0 Å². The molecule has 0 radical (unpaired) electrons. The van der Waals surface area contributed by atoms with Crippen LogP contribution in [0.1, 0.15) is 25.1 Å². The molecule has 1 aromatic heterocycles. The Labute approximate surface area is 98.8 Å². The average Bonchev–Trinajstić information content (AvgIpc) is 2.98. The molecule has 0 saturated heterocycles. The summed E-state index contributed by atoms with van der Waals surface area (Å²) in [6, 6.07) is 0. The number of ether oxygens (including phenoxy) is 1. The van der Waals surface area contributed by atoms with Crippen LogP contribution in [0.25, 0.3) is 0 Å². The quantitative estimate of drug-likeness (QED) is 0.727. The number of carbonyl (C=O) groups is 1. The van der Waals surface area contributed by atoms with Gasteiger partial charge in [0.15, 0.2) is 5.82 Å². The predicted octanol–water partition coefficient (Wildman–Crippen LogP) is 0.115. The topological polar surface area (TPSA) is 90.1 Å². The van der Waals surface area contributed by atoms with Crippen molar-refractivity contribution in [3.8, 4) is 0 Å². The molecule has 0 aliphatic heterocycles. The van der Waals surface area contributed by atoms with E-state index in [1.54, 1.807) is 4.68 Å². The third-order valence-electron chi connectivity index (χ3n) is 2.89. The number of carboxylic acids is 1. The second kappa shape index (κ2) is 5.22. The van der Waals surface area contributed by atoms with E-state index in [1.165, 1.54) is 20.0 Å². The van der Waals surface area contributed by atoms with Crippen molar-refractivity contribution in [2.75, 3.05) is 7.11 Å². The molecule has 1 fully saturated rings. The molecule has 7 nitrogen and oxygen atoms in total. The van der Waals surface area contributed by atoms with Crippen molar-refractivity contribution >= 4 is 5.97 Å². The zero-order valence-electron chi connectivity index (χ0n) is 9.74. The largest absolute Gasteiger partial charge is 0.481 e. The van der Waals surface area contributed by atoms with Gasteiger partial charge in [-0.1, -0.05) is 0 Å². The molecular formula is C10H16N4O3. The Morgan fingerprint density at radius 1 is 1.65 bits per heavy atom. The van der Waals surface area contributed by atoms with E-state index in [0.29, 0.717) is 12.5 Å². The Balaban J connectivity index is 1.95. The minimum Gasteiger partial charge on any atom is -0.481 e. The van der Waals surface area contributed by atoms with Crippen LogP contribution in [0.15, 0.2) is 0 Å². The van der Waals surface area contributed by atoms with Crippen LogP contribution >= 0.6 is 0 Å². The molecule has 1 aromatic rings. The van der Waals surface area contributed by atoms with Gasteiger partial charge in [-0.3, -0.25) is 4.79 Å². The Morgan fingerprint density at radius 3 is 3.00 bits per heavy atom. The van der Waals surface area contributed by atoms with E-state index >= 15 is 0 Å². The van der Waals surface area contributed by atoms with Crippen LogP contribution in [0.4, 0.5) is 0 Å². The summed E-state index contributed by atoms with van der Waals surface area (Å²) in [6.07, 6.45) is 2.90. The normalized spacial score (nSPS) is 17.0. The fourth-order valence-corrected chi connectivity index (χ4v) is 1.70. The smallest absolute Gasteiger partial charge is 0.306 e. The summed E-state index contributed by atoms with van der Waals surface area (Å²) < 4.78 is 6.76. The van der Waals surface area contributed by atoms with Crippen molar-refractivity contribution in [3.05, 3.63) is 5.82 Å².